The second kappa shape index (κ2) is 8.33. The van der Waals surface area contributed by atoms with E-state index in [4.69, 9.17) is 9.47 Å². The molecule has 8 heteroatoms. The van der Waals surface area contributed by atoms with Crippen molar-refractivity contribution < 1.29 is 14.3 Å². The number of para-hydroxylation sites is 2. The van der Waals surface area contributed by atoms with Gasteiger partial charge in [-0.25, -0.2) is 9.78 Å². The van der Waals surface area contributed by atoms with Gasteiger partial charge in [-0.05, 0) is 30.3 Å². The Kier molecular flexibility index (Phi) is 5.68. The quantitative estimate of drug-likeness (QED) is 0.698. The number of methoxy groups -OCH3 is 2. The molecule has 3 aromatic rings. The van der Waals surface area contributed by atoms with Gasteiger partial charge >= 0.3 is 6.03 Å². The Morgan fingerprint density at radius 1 is 1.15 bits per heavy atom. The zero-order valence-electron chi connectivity index (χ0n) is 15.1. The topological polar surface area (TPSA) is 94.5 Å². The molecule has 2 N–H and O–H groups in total. The number of anilines is 2. The molecule has 0 unspecified atom stereocenters. The number of fused-ring (bicyclic) bond motifs is 1. The van der Waals surface area contributed by atoms with Gasteiger partial charge in [-0.2, -0.15) is 0 Å². The molecule has 0 atom stereocenters. The molecule has 0 aliphatic heterocycles. The first kappa shape index (κ1) is 18.4. The molecular formula is C19H20N4O4. The monoisotopic (exact) mass is 368 g/mol. The number of ether oxygens (including phenoxy) is 2. The number of carbonyl (C=O) groups is 1. The highest BCUT2D eigenvalue weighted by Crippen LogP contribution is 2.23. The Balaban J connectivity index is 1.81. The molecule has 2 amide bonds. The highest BCUT2D eigenvalue weighted by Gasteiger charge is 2.09. The molecule has 0 radical (unpaired) electrons. The highest BCUT2D eigenvalue weighted by molar-refractivity contribution is 6.01. The fourth-order valence-electron chi connectivity index (χ4n) is 2.62. The number of carbonyl (C=O) groups excluding carboxylic acids is 1. The van der Waals surface area contributed by atoms with Crippen LogP contribution in [0.4, 0.5) is 16.2 Å². The zero-order chi connectivity index (χ0) is 19.2. The van der Waals surface area contributed by atoms with Crippen molar-refractivity contribution in [3.8, 4) is 5.75 Å². The largest absolute Gasteiger partial charge is 0.495 e. The average molecular weight is 368 g/mol. The predicted molar refractivity (Wildman–Crippen MR) is 104 cm³/mol. The van der Waals surface area contributed by atoms with Gasteiger partial charge in [0.25, 0.3) is 5.56 Å². The molecule has 27 heavy (non-hydrogen) atoms. The third kappa shape index (κ3) is 4.24. The van der Waals surface area contributed by atoms with Gasteiger partial charge < -0.3 is 20.1 Å². The lowest BCUT2D eigenvalue weighted by Crippen LogP contribution is -2.23. The number of hydrogen-bond donors (Lipinski definition) is 2. The normalized spacial score (nSPS) is 10.6. The Morgan fingerprint density at radius 3 is 2.74 bits per heavy atom. The van der Waals surface area contributed by atoms with E-state index in [1.165, 1.54) is 18.0 Å². The van der Waals surface area contributed by atoms with E-state index in [1.807, 2.05) is 6.07 Å². The molecular weight excluding hydrogens is 348 g/mol. The molecule has 0 aliphatic carbocycles. The van der Waals surface area contributed by atoms with Gasteiger partial charge in [0.15, 0.2) is 0 Å². The Bertz CT molecular complexity index is 1020. The third-order valence-corrected chi connectivity index (χ3v) is 3.97. The van der Waals surface area contributed by atoms with Gasteiger partial charge in [0.2, 0.25) is 0 Å². The number of nitrogens with zero attached hydrogens (tertiary/aromatic N) is 2. The first-order valence-corrected chi connectivity index (χ1v) is 8.31. The molecule has 3 rings (SSSR count). The van der Waals surface area contributed by atoms with E-state index in [2.05, 4.69) is 15.6 Å². The maximum Gasteiger partial charge on any atom is 0.323 e. The van der Waals surface area contributed by atoms with Crippen LogP contribution in [0.25, 0.3) is 10.9 Å². The molecule has 0 aliphatic rings. The summed E-state index contributed by atoms with van der Waals surface area (Å²) in [7, 11) is 3.10. The van der Waals surface area contributed by atoms with Crippen LogP contribution in [0.15, 0.2) is 53.6 Å². The molecule has 2 aromatic carbocycles. The third-order valence-electron chi connectivity index (χ3n) is 3.97. The Morgan fingerprint density at radius 2 is 1.96 bits per heavy atom. The van der Waals surface area contributed by atoms with Crippen molar-refractivity contribution in [2.24, 2.45) is 0 Å². The van der Waals surface area contributed by atoms with E-state index >= 15 is 0 Å². The first-order valence-electron chi connectivity index (χ1n) is 8.31. The lowest BCUT2D eigenvalue weighted by atomic mass is 10.2. The lowest BCUT2D eigenvalue weighted by molar-refractivity contribution is 0.186. The van der Waals surface area contributed by atoms with Crippen molar-refractivity contribution in [3.05, 3.63) is 59.1 Å². The van der Waals surface area contributed by atoms with E-state index in [0.717, 1.165) is 0 Å². The van der Waals surface area contributed by atoms with Gasteiger partial charge in [0.1, 0.15) is 5.75 Å². The maximum atomic E-state index is 12.6. The number of rotatable bonds is 6. The summed E-state index contributed by atoms with van der Waals surface area (Å²) in [5, 5.41) is 5.86. The van der Waals surface area contributed by atoms with Crippen molar-refractivity contribution in [3.63, 3.8) is 0 Å². The van der Waals surface area contributed by atoms with Crippen LogP contribution in [-0.2, 0) is 11.3 Å². The molecule has 1 heterocycles. The summed E-state index contributed by atoms with van der Waals surface area (Å²) in [6.45, 7) is 0.816. The summed E-state index contributed by atoms with van der Waals surface area (Å²) in [5.74, 6) is 0.552. The van der Waals surface area contributed by atoms with Crippen LogP contribution in [0, 0.1) is 0 Å². The van der Waals surface area contributed by atoms with Crippen molar-refractivity contribution in [1.29, 1.82) is 0 Å². The van der Waals surface area contributed by atoms with Gasteiger partial charge in [-0.1, -0.05) is 12.1 Å². The number of benzene rings is 2. The minimum atomic E-state index is -0.442. The number of aromatic nitrogens is 2. The van der Waals surface area contributed by atoms with E-state index < -0.39 is 6.03 Å². The molecule has 0 saturated carbocycles. The van der Waals surface area contributed by atoms with Crippen LogP contribution in [0.3, 0.4) is 0 Å². The molecule has 0 spiro atoms. The summed E-state index contributed by atoms with van der Waals surface area (Å²) in [4.78, 5) is 29.1. The molecule has 0 bridgehead atoms. The van der Waals surface area contributed by atoms with Crippen LogP contribution in [0.2, 0.25) is 0 Å². The van der Waals surface area contributed by atoms with Crippen LogP contribution in [-0.4, -0.2) is 36.4 Å². The molecule has 140 valence electrons. The molecule has 8 nitrogen and oxygen atoms in total. The van der Waals surface area contributed by atoms with Gasteiger partial charge in [-0.3, -0.25) is 9.36 Å². The summed E-state index contributed by atoms with van der Waals surface area (Å²) in [5.41, 5.74) is 1.40. The number of amides is 2. The van der Waals surface area contributed by atoms with Gasteiger partial charge in [-0.15, -0.1) is 0 Å². The van der Waals surface area contributed by atoms with Crippen LogP contribution >= 0.6 is 0 Å². The van der Waals surface area contributed by atoms with E-state index in [1.54, 1.807) is 43.5 Å². The maximum absolute atomic E-state index is 12.6. The highest BCUT2D eigenvalue weighted by atomic mass is 16.5. The Labute approximate surface area is 155 Å². The fourth-order valence-corrected chi connectivity index (χ4v) is 2.62. The van der Waals surface area contributed by atoms with E-state index in [-0.39, 0.29) is 5.56 Å². The molecule has 0 saturated heterocycles. The van der Waals surface area contributed by atoms with E-state index in [9.17, 15) is 9.59 Å². The van der Waals surface area contributed by atoms with Crippen molar-refractivity contribution in [2.75, 3.05) is 31.5 Å². The van der Waals surface area contributed by atoms with Crippen molar-refractivity contribution >= 4 is 28.3 Å². The van der Waals surface area contributed by atoms with E-state index in [0.29, 0.717) is 41.2 Å². The molecule has 1 aromatic heterocycles. The van der Waals surface area contributed by atoms with Crippen LogP contribution in [0.5, 0.6) is 5.75 Å². The predicted octanol–water partition coefficient (Wildman–Crippen LogP) is 2.70. The minimum absolute atomic E-state index is 0.189. The average Bonchev–Trinajstić information content (AvgIpc) is 2.68. The summed E-state index contributed by atoms with van der Waals surface area (Å²) < 4.78 is 11.7. The standard InChI is InChI=1S/C19H20N4O4/c1-26-10-9-23-12-20-15-8-7-13(11-14(15)18(23)24)21-19(25)22-16-5-3-4-6-17(16)27-2/h3-8,11-12H,9-10H2,1-2H3,(H2,21,22,25). The SMILES string of the molecule is COCCn1cnc2ccc(NC(=O)Nc3ccccc3OC)cc2c1=O. The number of nitrogens with one attached hydrogen (secondary N) is 2. The smallest absolute Gasteiger partial charge is 0.323 e. The first-order chi connectivity index (χ1) is 13.1. The zero-order valence-corrected chi connectivity index (χ0v) is 15.1. The van der Waals surface area contributed by atoms with Crippen LogP contribution in [0.1, 0.15) is 0 Å². The van der Waals surface area contributed by atoms with Crippen LogP contribution < -0.4 is 20.9 Å². The second-order valence-corrected chi connectivity index (χ2v) is 5.75. The molecule has 0 fully saturated rings. The van der Waals surface area contributed by atoms with Gasteiger partial charge in [0, 0.05) is 12.8 Å². The number of hydrogen-bond acceptors (Lipinski definition) is 5. The minimum Gasteiger partial charge on any atom is -0.495 e. The van der Waals surface area contributed by atoms with Crippen molar-refractivity contribution in [1.82, 2.24) is 9.55 Å². The van der Waals surface area contributed by atoms with Crippen molar-refractivity contribution in [2.45, 2.75) is 6.54 Å². The van der Waals surface area contributed by atoms with Gasteiger partial charge in [0.05, 0.1) is 43.2 Å². The lowest BCUT2D eigenvalue weighted by Gasteiger charge is -2.11. The Hall–Kier alpha value is -3.39. The number of urea groups is 1. The summed E-state index contributed by atoms with van der Waals surface area (Å²) in [6.07, 6.45) is 1.49. The summed E-state index contributed by atoms with van der Waals surface area (Å²) in [6, 6.07) is 11.6. The second-order valence-electron chi connectivity index (χ2n) is 5.75. The fraction of sp³-hybridized carbons (Fsp3) is 0.211. The summed E-state index contributed by atoms with van der Waals surface area (Å²) >= 11 is 0.